The minimum atomic E-state index is -0.423. The average molecular weight is 296 g/mol. The Kier molecular flexibility index (Phi) is 7.11. The lowest BCUT2D eigenvalue weighted by Crippen LogP contribution is -2.32. The molecular weight excluding hydrogens is 272 g/mol. The van der Waals surface area contributed by atoms with Gasteiger partial charge in [0, 0.05) is 38.9 Å². The van der Waals surface area contributed by atoms with Crippen molar-refractivity contribution in [2.75, 3.05) is 33.4 Å². The Morgan fingerprint density at radius 1 is 1.24 bits per heavy atom. The van der Waals surface area contributed by atoms with Crippen molar-refractivity contribution in [3.05, 3.63) is 34.4 Å². The third-order valence-corrected chi connectivity index (χ3v) is 3.18. The number of nitrogens with one attached hydrogen (secondary N) is 1. The molecule has 0 radical (unpaired) electrons. The molecule has 1 rings (SSSR count). The first-order valence-corrected chi connectivity index (χ1v) is 7.01. The molecule has 0 spiro atoms. The van der Waals surface area contributed by atoms with Crippen molar-refractivity contribution in [1.82, 2.24) is 5.32 Å². The van der Waals surface area contributed by atoms with Crippen LogP contribution in [0.15, 0.2) is 24.3 Å². The third-order valence-electron chi connectivity index (χ3n) is 3.18. The highest BCUT2D eigenvalue weighted by molar-refractivity contribution is 5.35. The van der Waals surface area contributed by atoms with Gasteiger partial charge in [0.25, 0.3) is 5.69 Å². The van der Waals surface area contributed by atoms with Gasteiger partial charge in [0.15, 0.2) is 0 Å². The second-order valence-corrected chi connectivity index (χ2v) is 5.68. The minimum Gasteiger partial charge on any atom is -0.492 e. The van der Waals surface area contributed by atoms with E-state index in [-0.39, 0.29) is 11.1 Å². The zero-order chi connectivity index (χ0) is 15.7. The van der Waals surface area contributed by atoms with Gasteiger partial charge >= 0.3 is 0 Å². The van der Waals surface area contributed by atoms with Gasteiger partial charge in [-0.05, 0) is 24.0 Å². The SMILES string of the molecule is COCCC(C)(C)CNCCOc1ccc([N+](=O)[O-])cc1. The molecule has 0 saturated carbocycles. The van der Waals surface area contributed by atoms with Crippen LogP contribution < -0.4 is 10.1 Å². The molecular formula is C15H24N2O4. The smallest absolute Gasteiger partial charge is 0.269 e. The van der Waals surface area contributed by atoms with Crippen molar-refractivity contribution in [3.63, 3.8) is 0 Å². The Morgan fingerprint density at radius 2 is 1.90 bits per heavy atom. The summed E-state index contributed by atoms with van der Waals surface area (Å²) in [6.07, 6.45) is 1.000. The summed E-state index contributed by atoms with van der Waals surface area (Å²) in [6, 6.07) is 6.11. The van der Waals surface area contributed by atoms with Crippen molar-refractivity contribution < 1.29 is 14.4 Å². The van der Waals surface area contributed by atoms with Gasteiger partial charge in [0.2, 0.25) is 0 Å². The number of rotatable bonds is 10. The molecule has 1 aromatic rings. The van der Waals surface area contributed by atoms with Gasteiger partial charge in [-0.15, -0.1) is 0 Å². The van der Waals surface area contributed by atoms with E-state index in [9.17, 15) is 10.1 Å². The van der Waals surface area contributed by atoms with Gasteiger partial charge in [-0.2, -0.15) is 0 Å². The molecule has 0 aliphatic heterocycles. The van der Waals surface area contributed by atoms with Gasteiger partial charge in [0.05, 0.1) is 4.92 Å². The van der Waals surface area contributed by atoms with E-state index in [1.165, 1.54) is 12.1 Å². The topological polar surface area (TPSA) is 73.6 Å². The molecule has 0 saturated heterocycles. The van der Waals surface area contributed by atoms with Gasteiger partial charge < -0.3 is 14.8 Å². The highest BCUT2D eigenvalue weighted by atomic mass is 16.6. The Labute approximate surface area is 125 Å². The van der Waals surface area contributed by atoms with E-state index in [2.05, 4.69) is 19.2 Å². The van der Waals surface area contributed by atoms with Crippen LogP contribution in [-0.4, -0.2) is 38.3 Å². The monoisotopic (exact) mass is 296 g/mol. The van der Waals surface area contributed by atoms with Crippen LogP contribution in [0.4, 0.5) is 5.69 Å². The molecule has 6 heteroatoms. The molecule has 21 heavy (non-hydrogen) atoms. The first-order chi connectivity index (χ1) is 9.94. The molecule has 0 unspecified atom stereocenters. The summed E-state index contributed by atoms with van der Waals surface area (Å²) in [4.78, 5) is 10.1. The molecule has 0 bridgehead atoms. The van der Waals surface area contributed by atoms with Crippen LogP contribution in [-0.2, 0) is 4.74 Å². The van der Waals surface area contributed by atoms with E-state index in [0.717, 1.165) is 26.1 Å². The zero-order valence-electron chi connectivity index (χ0n) is 12.9. The van der Waals surface area contributed by atoms with Gasteiger partial charge in [-0.25, -0.2) is 0 Å². The summed E-state index contributed by atoms with van der Waals surface area (Å²) in [5.41, 5.74) is 0.254. The molecule has 0 aliphatic rings. The summed E-state index contributed by atoms with van der Waals surface area (Å²) >= 11 is 0. The number of methoxy groups -OCH3 is 1. The molecule has 0 aromatic heterocycles. The summed E-state index contributed by atoms with van der Waals surface area (Å²) in [6.45, 7) is 7.28. The summed E-state index contributed by atoms with van der Waals surface area (Å²) in [7, 11) is 1.71. The third kappa shape index (κ3) is 7.06. The number of nitrogens with zero attached hydrogens (tertiary/aromatic N) is 1. The van der Waals surface area contributed by atoms with Crippen LogP contribution in [0, 0.1) is 15.5 Å². The van der Waals surface area contributed by atoms with Crippen LogP contribution in [0.1, 0.15) is 20.3 Å². The Morgan fingerprint density at radius 3 is 2.48 bits per heavy atom. The Hall–Kier alpha value is -1.66. The second-order valence-electron chi connectivity index (χ2n) is 5.68. The van der Waals surface area contributed by atoms with Crippen molar-refractivity contribution >= 4 is 5.69 Å². The molecule has 0 atom stereocenters. The van der Waals surface area contributed by atoms with Crippen molar-refractivity contribution in [3.8, 4) is 5.75 Å². The van der Waals surface area contributed by atoms with Crippen molar-refractivity contribution in [2.45, 2.75) is 20.3 Å². The minimum absolute atomic E-state index is 0.0698. The fourth-order valence-corrected chi connectivity index (χ4v) is 1.80. The molecule has 1 N–H and O–H groups in total. The second kappa shape index (κ2) is 8.59. The summed E-state index contributed by atoms with van der Waals surface area (Å²) in [5.74, 6) is 0.640. The summed E-state index contributed by atoms with van der Waals surface area (Å²) in [5, 5.41) is 13.9. The lowest BCUT2D eigenvalue weighted by Gasteiger charge is -2.24. The first-order valence-electron chi connectivity index (χ1n) is 7.01. The van der Waals surface area contributed by atoms with Crippen LogP contribution in [0.5, 0.6) is 5.75 Å². The highest BCUT2D eigenvalue weighted by Gasteiger charge is 2.16. The largest absolute Gasteiger partial charge is 0.492 e. The van der Waals surface area contributed by atoms with Gasteiger partial charge in [-0.3, -0.25) is 10.1 Å². The van der Waals surface area contributed by atoms with E-state index in [0.29, 0.717) is 12.4 Å². The lowest BCUT2D eigenvalue weighted by atomic mass is 9.90. The molecule has 1 aromatic carbocycles. The lowest BCUT2D eigenvalue weighted by molar-refractivity contribution is -0.384. The van der Waals surface area contributed by atoms with Crippen LogP contribution in [0.25, 0.3) is 0 Å². The maximum Gasteiger partial charge on any atom is 0.269 e. The zero-order valence-corrected chi connectivity index (χ0v) is 12.9. The predicted molar refractivity (Wildman–Crippen MR) is 81.7 cm³/mol. The van der Waals surface area contributed by atoms with Crippen LogP contribution in [0.2, 0.25) is 0 Å². The number of ether oxygens (including phenoxy) is 2. The molecule has 0 heterocycles. The highest BCUT2D eigenvalue weighted by Crippen LogP contribution is 2.19. The first kappa shape index (κ1) is 17.4. The Bertz CT molecular complexity index is 432. The maximum absolute atomic E-state index is 10.5. The average Bonchev–Trinajstić information content (AvgIpc) is 2.45. The van der Waals surface area contributed by atoms with E-state index < -0.39 is 4.92 Å². The van der Waals surface area contributed by atoms with E-state index in [4.69, 9.17) is 9.47 Å². The van der Waals surface area contributed by atoms with E-state index in [1.807, 2.05) is 0 Å². The van der Waals surface area contributed by atoms with E-state index >= 15 is 0 Å². The van der Waals surface area contributed by atoms with Crippen LogP contribution >= 0.6 is 0 Å². The predicted octanol–water partition coefficient (Wildman–Crippen LogP) is 2.63. The van der Waals surface area contributed by atoms with Crippen molar-refractivity contribution in [2.24, 2.45) is 5.41 Å². The normalized spacial score (nSPS) is 11.4. The number of hydrogen-bond acceptors (Lipinski definition) is 5. The number of hydrogen-bond donors (Lipinski definition) is 1. The molecule has 0 amide bonds. The molecule has 0 fully saturated rings. The number of nitro benzene ring substituents is 1. The molecule has 118 valence electrons. The maximum atomic E-state index is 10.5. The standard InChI is InChI=1S/C15H24N2O4/c1-15(2,8-10-20-3)12-16-9-11-21-14-6-4-13(5-7-14)17(18)19/h4-7,16H,8-12H2,1-3H3. The van der Waals surface area contributed by atoms with E-state index in [1.54, 1.807) is 19.2 Å². The van der Waals surface area contributed by atoms with Gasteiger partial charge in [-0.1, -0.05) is 13.8 Å². The van der Waals surface area contributed by atoms with Gasteiger partial charge in [0.1, 0.15) is 12.4 Å². The number of non-ortho nitro benzene ring substituents is 1. The fraction of sp³-hybridized carbons (Fsp3) is 0.600. The number of benzene rings is 1. The summed E-state index contributed by atoms with van der Waals surface area (Å²) < 4.78 is 10.6. The molecule has 6 nitrogen and oxygen atoms in total. The van der Waals surface area contributed by atoms with Crippen molar-refractivity contribution in [1.29, 1.82) is 0 Å². The number of nitro groups is 1. The fourth-order valence-electron chi connectivity index (χ4n) is 1.80. The van der Waals surface area contributed by atoms with Crippen LogP contribution in [0.3, 0.4) is 0 Å². The quantitative estimate of drug-likeness (QED) is 0.408. The Balaban J connectivity index is 2.20. The molecule has 0 aliphatic carbocycles.